The van der Waals surface area contributed by atoms with Crippen molar-refractivity contribution in [3.8, 4) is 0 Å². The molecule has 2 fully saturated rings. The highest BCUT2D eigenvalue weighted by Crippen LogP contribution is 2.46. The first-order valence-electron chi connectivity index (χ1n) is 5.69. The molecule has 76 valence electrons. The molecule has 2 N–H and O–H groups in total. The van der Waals surface area contributed by atoms with Gasteiger partial charge in [-0.3, -0.25) is 0 Å². The fraction of sp³-hybridized carbons (Fsp3) is 1.00. The highest BCUT2D eigenvalue weighted by molar-refractivity contribution is 4.91. The third-order valence-corrected chi connectivity index (χ3v) is 4.12. The van der Waals surface area contributed by atoms with E-state index in [9.17, 15) is 5.11 Å². The number of piperidine rings is 1. The predicted octanol–water partition coefficient (Wildman–Crippen LogP) is 1.54. The summed E-state index contributed by atoms with van der Waals surface area (Å²) in [6, 6.07) is 0. The lowest BCUT2D eigenvalue weighted by molar-refractivity contribution is 0.0494. The summed E-state index contributed by atoms with van der Waals surface area (Å²) < 4.78 is 0. The fourth-order valence-electron chi connectivity index (χ4n) is 3.21. The van der Waals surface area contributed by atoms with Gasteiger partial charge in [0.1, 0.15) is 0 Å². The van der Waals surface area contributed by atoms with E-state index in [0.29, 0.717) is 12.0 Å². The van der Waals surface area contributed by atoms with Gasteiger partial charge in [0.25, 0.3) is 0 Å². The first kappa shape index (κ1) is 9.47. The van der Waals surface area contributed by atoms with Gasteiger partial charge in [0.05, 0.1) is 0 Å². The number of hydrogen-bond donors (Lipinski definition) is 2. The molecular weight excluding hydrogens is 162 g/mol. The van der Waals surface area contributed by atoms with E-state index in [1.165, 1.54) is 38.5 Å². The molecule has 13 heavy (non-hydrogen) atoms. The van der Waals surface area contributed by atoms with Crippen molar-refractivity contribution in [2.75, 3.05) is 19.7 Å². The van der Waals surface area contributed by atoms with Crippen molar-refractivity contribution < 1.29 is 5.11 Å². The molecule has 2 heteroatoms. The summed E-state index contributed by atoms with van der Waals surface area (Å²) in [6.07, 6.45) is 7.78. The molecule has 0 radical (unpaired) electrons. The Morgan fingerprint density at radius 2 is 1.77 bits per heavy atom. The van der Waals surface area contributed by atoms with E-state index in [1.807, 2.05) is 0 Å². The molecule has 0 bridgehead atoms. The number of aliphatic hydroxyl groups excluding tert-OH is 1. The molecule has 0 aromatic carbocycles. The van der Waals surface area contributed by atoms with Crippen LogP contribution in [0.1, 0.15) is 38.5 Å². The zero-order chi connectivity index (χ0) is 9.15. The highest BCUT2D eigenvalue weighted by Gasteiger charge is 2.40. The molecule has 0 atom stereocenters. The monoisotopic (exact) mass is 183 g/mol. The second kappa shape index (κ2) is 3.97. The Morgan fingerprint density at radius 3 is 2.31 bits per heavy atom. The summed E-state index contributed by atoms with van der Waals surface area (Å²) in [5.41, 5.74) is 0.322. The lowest BCUT2D eigenvalue weighted by atomic mass is 9.70. The Hall–Kier alpha value is -0.0800. The third-order valence-electron chi connectivity index (χ3n) is 4.12. The van der Waals surface area contributed by atoms with Crippen molar-refractivity contribution in [1.82, 2.24) is 5.32 Å². The first-order valence-corrected chi connectivity index (χ1v) is 5.69. The Kier molecular flexibility index (Phi) is 2.89. The molecular formula is C11H21NO. The number of hydrogen-bond acceptors (Lipinski definition) is 2. The molecule has 2 nitrogen and oxygen atoms in total. The minimum Gasteiger partial charge on any atom is -0.396 e. The Labute approximate surface area is 80.7 Å². The van der Waals surface area contributed by atoms with Crippen molar-refractivity contribution in [2.24, 2.45) is 11.3 Å². The van der Waals surface area contributed by atoms with Crippen molar-refractivity contribution in [1.29, 1.82) is 0 Å². The smallest absolute Gasteiger partial charge is 0.0490 e. The van der Waals surface area contributed by atoms with Crippen LogP contribution in [-0.4, -0.2) is 24.8 Å². The fourth-order valence-corrected chi connectivity index (χ4v) is 3.21. The minimum absolute atomic E-state index is 0.322. The van der Waals surface area contributed by atoms with Crippen LogP contribution in [0.4, 0.5) is 0 Å². The minimum atomic E-state index is 0.322. The van der Waals surface area contributed by atoms with Crippen molar-refractivity contribution >= 4 is 0 Å². The molecule has 0 aromatic rings. The average molecular weight is 183 g/mol. The molecule has 0 spiro atoms. The van der Waals surface area contributed by atoms with Gasteiger partial charge in [-0.15, -0.1) is 0 Å². The van der Waals surface area contributed by atoms with Gasteiger partial charge in [-0.1, -0.05) is 12.8 Å². The summed E-state index contributed by atoms with van der Waals surface area (Å²) in [4.78, 5) is 0. The van der Waals surface area contributed by atoms with Gasteiger partial charge >= 0.3 is 0 Å². The summed E-state index contributed by atoms with van der Waals surface area (Å²) in [5.74, 6) is 0.793. The summed E-state index contributed by atoms with van der Waals surface area (Å²) >= 11 is 0. The van der Waals surface area contributed by atoms with E-state index in [1.54, 1.807) is 0 Å². The maximum Gasteiger partial charge on any atom is 0.0490 e. The summed E-state index contributed by atoms with van der Waals surface area (Å²) in [6.45, 7) is 2.75. The molecule has 0 unspecified atom stereocenters. The quantitative estimate of drug-likeness (QED) is 0.680. The molecule has 1 heterocycles. The zero-order valence-corrected chi connectivity index (χ0v) is 8.39. The standard InChI is InChI=1S/C11H21NO/c13-9-11(5-1-2-6-11)10-3-7-12-8-4-10/h10,12-13H,1-9H2. The summed E-state index contributed by atoms with van der Waals surface area (Å²) in [5, 5.41) is 12.9. The largest absolute Gasteiger partial charge is 0.396 e. The number of nitrogens with one attached hydrogen (secondary N) is 1. The lowest BCUT2D eigenvalue weighted by Crippen LogP contribution is -2.39. The molecule has 1 aliphatic heterocycles. The predicted molar refractivity (Wildman–Crippen MR) is 53.6 cm³/mol. The van der Waals surface area contributed by atoms with E-state index in [4.69, 9.17) is 0 Å². The average Bonchev–Trinajstić information content (AvgIpc) is 2.69. The molecule has 1 aliphatic carbocycles. The first-order chi connectivity index (χ1) is 6.37. The van der Waals surface area contributed by atoms with Crippen molar-refractivity contribution in [2.45, 2.75) is 38.5 Å². The van der Waals surface area contributed by atoms with Crippen molar-refractivity contribution in [3.63, 3.8) is 0 Å². The Morgan fingerprint density at radius 1 is 1.15 bits per heavy atom. The van der Waals surface area contributed by atoms with Crippen LogP contribution >= 0.6 is 0 Å². The van der Waals surface area contributed by atoms with E-state index in [-0.39, 0.29) is 0 Å². The molecule has 2 aliphatic rings. The third kappa shape index (κ3) is 1.75. The normalized spacial score (nSPS) is 29.3. The SMILES string of the molecule is OCC1(C2CCNCC2)CCCC1. The molecule has 2 rings (SSSR count). The van der Waals surface area contributed by atoms with Gasteiger partial charge in [-0.05, 0) is 50.1 Å². The second-order valence-electron chi connectivity index (χ2n) is 4.75. The van der Waals surface area contributed by atoms with Crippen LogP contribution in [0.5, 0.6) is 0 Å². The van der Waals surface area contributed by atoms with Gasteiger partial charge in [-0.25, -0.2) is 0 Å². The van der Waals surface area contributed by atoms with Crippen LogP contribution in [0, 0.1) is 11.3 Å². The highest BCUT2D eigenvalue weighted by atomic mass is 16.3. The maximum absolute atomic E-state index is 9.55. The number of rotatable bonds is 2. The van der Waals surface area contributed by atoms with E-state index >= 15 is 0 Å². The zero-order valence-electron chi connectivity index (χ0n) is 8.39. The van der Waals surface area contributed by atoms with Gasteiger partial charge in [0.15, 0.2) is 0 Å². The van der Waals surface area contributed by atoms with E-state index in [0.717, 1.165) is 19.0 Å². The van der Waals surface area contributed by atoms with E-state index < -0.39 is 0 Å². The lowest BCUT2D eigenvalue weighted by Gasteiger charge is -2.38. The number of aliphatic hydroxyl groups is 1. The molecule has 0 aromatic heterocycles. The summed E-state index contributed by atoms with van der Waals surface area (Å²) in [7, 11) is 0. The second-order valence-corrected chi connectivity index (χ2v) is 4.75. The molecule has 1 saturated carbocycles. The topological polar surface area (TPSA) is 32.3 Å². The van der Waals surface area contributed by atoms with Gasteiger partial charge < -0.3 is 10.4 Å². The Balaban J connectivity index is 2.01. The molecule has 1 saturated heterocycles. The van der Waals surface area contributed by atoms with Crippen LogP contribution < -0.4 is 5.32 Å². The van der Waals surface area contributed by atoms with Crippen LogP contribution in [0.15, 0.2) is 0 Å². The van der Waals surface area contributed by atoms with Crippen LogP contribution in [-0.2, 0) is 0 Å². The van der Waals surface area contributed by atoms with Crippen LogP contribution in [0.25, 0.3) is 0 Å². The van der Waals surface area contributed by atoms with Gasteiger partial charge in [0.2, 0.25) is 0 Å². The van der Waals surface area contributed by atoms with Crippen LogP contribution in [0.2, 0.25) is 0 Å². The van der Waals surface area contributed by atoms with Crippen molar-refractivity contribution in [3.05, 3.63) is 0 Å². The maximum atomic E-state index is 9.55. The Bertz CT molecular complexity index is 157. The van der Waals surface area contributed by atoms with Gasteiger partial charge in [-0.2, -0.15) is 0 Å². The van der Waals surface area contributed by atoms with E-state index in [2.05, 4.69) is 5.32 Å². The van der Waals surface area contributed by atoms with Gasteiger partial charge in [0, 0.05) is 6.61 Å². The molecule has 0 amide bonds. The van der Waals surface area contributed by atoms with Crippen LogP contribution in [0.3, 0.4) is 0 Å².